The van der Waals surface area contributed by atoms with E-state index in [-0.39, 0.29) is 6.42 Å². The minimum absolute atomic E-state index is 0.124. The van der Waals surface area contributed by atoms with Crippen LogP contribution in [0.3, 0.4) is 0 Å². The number of carbonyl (C=O) groups excluding carboxylic acids is 1. The van der Waals surface area contributed by atoms with Crippen molar-refractivity contribution in [3.63, 3.8) is 0 Å². The summed E-state index contributed by atoms with van der Waals surface area (Å²) in [5.74, 6) is -1.14. The van der Waals surface area contributed by atoms with E-state index in [1.165, 1.54) is 24.3 Å². The fourth-order valence-electron chi connectivity index (χ4n) is 1.34. The van der Waals surface area contributed by atoms with Gasteiger partial charge in [-0.1, -0.05) is 29.3 Å². The molecule has 0 aromatic heterocycles. The summed E-state index contributed by atoms with van der Waals surface area (Å²) in [6, 6.07) is 2.82. The molecule has 0 heterocycles. The molecule has 1 unspecified atom stereocenters. The Morgan fingerprint density at radius 2 is 1.89 bits per heavy atom. The van der Waals surface area contributed by atoms with Gasteiger partial charge in [-0.25, -0.2) is 9.59 Å². The van der Waals surface area contributed by atoms with E-state index >= 15 is 0 Å². The second kappa shape index (κ2) is 7.01. The highest BCUT2D eigenvalue weighted by Gasteiger charge is 2.18. The highest BCUT2D eigenvalue weighted by atomic mass is 35.5. The number of hydrogen-bond acceptors (Lipinski definition) is 2. The zero-order valence-corrected chi connectivity index (χ0v) is 11.3. The highest BCUT2D eigenvalue weighted by Crippen LogP contribution is 2.22. The maximum Gasteiger partial charge on any atom is 0.326 e. The first-order valence-corrected chi connectivity index (χ1v) is 6.05. The van der Waals surface area contributed by atoms with Crippen LogP contribution in [-0.2, 0) is 4.79 Å². The topological polar surface area (TPSA) is 78.4 Å². The Kier molecular flexibility index (Phi) is 5.66. The first-order valence-electron chi connectivity index (χ1n) is 5.29. The first kappa shape index (κ1) is 15.3. The van der Waals surface area contributed by atoms with Crippen LogP contribution in [0.4, 0.5) is 10.5 Å². The molecule has 0 saturated heterocycles. The summed E-state index contributed by atoms with van der Waals surface area (Å²) in [6.45, 7) is 3.43. The minimum Gasteiger partial charge on any atom is -0.480 e. The summed E-state index contributed by atoms with van der Waals surface area (Å²) >= 11 is 11.6. The lowest BCUT2D eigenvalue weighted by molar-refractivity contribution is -0.139. The second-order valence-corrected chi connectivity index (χ2v) is 4.54. The van der Waals surface area contributed by atoms with E-state index < -0.39 is 18.0 Å². The van der Waals surface area contributed by atoms with Crippen molar-refractivity contribution in [3.05, 3.63) is 40.9 Å². The quantitative estimate of drug-likeness (QED) is 0.731. The van der Waals surface area contributed by atoms with Crippen LogP contribution in [0.1, 0.15) is 6.42 Å². The number of amides is 2. The third-order valence-electron chi connectivity index (χ3n) is 2.13. The van der Waals surface area contributed by atoms with Gasteiger partial charge in [-0.15, -0.1) is 6.58 Å². The standard InChI is InChI=1S/C12H12Cl2N2O3/c1-2-3-10(11(17)18)16-12(19)15-9-5-7(13)4-8(14)6-9/h2,4-6,10H,1,3H2,(H,17,18)(H2,15,16,19). The summed E-state index contributed by atoms with van der Waals surface area (Å²) in [6.07, 6.45) is 1.54. The van der Waals surface area contributed by atoms with Crippen LogP contribution in [-0.4, -0.2) is 23.1 Å². The van der Waals surface area contributed by atoms with Gasteiger partial charge < -0.3 is 15.7 Å². The van der Waals surface area contributed by atoms with Gasteiger partial charge in [-0.2, -0.15) is 0 Å². The maximum atomic E-state index is 11.6. The van der Waals surface area contributed by atoms with Crippen LogP contribution in [0.15, 0.2) is 30.9 Å². The number of carbonyl (C=O) groups is 2. The van der Waals surface area contributed by atoms with Crippen molar-refractivity contribution in [2.45, 2.75) is 12.5 Å². The van der Waals surface area contributed by atoms with Crippen LogP contribution in [0, 0.1) is 0 Å². The van der Waals surface area contributed by atoms with Crippen LogP contribution >= 0.6 is 23.2 Å². The monoisotopic (exact) mass is 302 g/mol. The van der Waals surface area contributed by atoms with Crippen LogP contribution in [0.25, 0.3) is 0 Å². The van der Waals surface area contributed by atoms with Crippen molar-refractivity contribution < 1.29 is 14.7 Å². The van der Waals surface area contributed by atoms with Gasteiger partial charge in [0.15, 0.2) is 0 Å². The van der Waals surface area contributed by atoms with Gasteiger partial charge in [0.1, 0.15) is 6.04 Å². The van der Waals surface area contributed by atoms with Crippen molar-refractivity contribution in [3.8, 4) is 0 Å². The first-order chi connectivity index (χ1) is 8.92. The van der Waals surface area contributed by atoms with E-state index in [0.29, 0.717) is 15.7 Å². The Morgan fingerprint density at radius 1 is 1.32 bits per heavy atom. The molecule has 1 rings (SSSR count). The zero-order valence-electron chi connectivity index (χ0n) is 9.82. The number of urea groups is 1. The molecular weight excluding hydrogens is 291 g/mol. The molecule has 0 saturated carbocycles. The van der Waals surface area contributed by atoms with E-state index in [2.05, 4.69) is 17.2 Å². The van der Waals surface area contributed by atoms with Gasteiger partial charge in [0.25, 0.3) is 0 Å². The zero-order chi connectivity index (χ0) is 14.4. The summed E-state index contributed by atoms with van der Waals surface area (Å²) in [7, 11) is 0. The van der Waals surface area contributed by atoms with Crippen molar-refractivity contribution in [2.24, 2.45) is 0 Å². The van der Waals surface area contributed by atoms with Gasteiger partial charge in [0.05, 0.1) is 0 Å². The van der Waals surface area contributed by atoms with Crippen LogP contribution < -0.4 is 10.6 Å². The van der Waals surface area contributed by atoms with E-state index in [9.17, 15) is 9.59 Å². The Balaban J connectivity index is 2.68. The summed E-state index contributed by atoms with van der Waals surface area (Å²) < 4.78 is 0. The second-order valence-electron chi connectivity index (χ2n) is 3.67. The highest BCUT2D eigenvalue weighted by molar-refractivity contribution is 6.35. The Hall–Kier alpha value is -1.72. The predicted molar refractivity (Wildman–Crippen MR) is 74.9 cm³/mol. The third kappa shape index (κ3) is 5.19. The number of hydrogen-bond donors (Lipinski definition) is 3. The number of nitrogens with one attached hydrogen (secondary N) is 2. The molecule has 3 N–H and O–H groups in total. The average molecular weight is 303 g/mol. The van der Waals surface area contributed by atoms with Gasteiger partial charge in [0, 0.05) is 15.7 Å². The fraction of sp³-hybridized carbons (Fsp3) is 0.167. The number of aliphatic carboxylic acids is 1. The molecule has 0 aliphatic carbocycles. The molecular formula is C12H12Cl2N2O3. The number of benzene rings is 1. The minimum atomic E-state index is -1.14. The number of carboxylic acid groups (broad SMARTS) is 1. The largest absolute Gasteiger partial charge is 0.480 e. The molecule has 5 nitrogen and oxygen atoms in total. The molecule has 7 heteroatoms. The van der Waals surface area contributed by atoms with Crippen molar-refractivity contribution in [2.75, 3.05) is 5.32 Å². The van der Waals surface area contributed by atoms with Crippen LogP contribution in [0.2, 0.25) is 10.0 Å². The SMILES string of the molecule is C=CCC(NC(=O)Nc1cc(Cl)cc(Cl)c1)C(=O)O. The molecule has 0 bridgehead atoms. The van der Waals surface area contributed by atoms with Crippen molar-refractivity contribution >= 4 is 40.9 Å². The fourth-order valence-corrected chi connectivity index (χ4v) is 1.87. The van der Waals surface area contributed by atoms with E-state index in [1.54, 1.807) is 0 Å². The number of anilines is 1. The van der Waals surface area contributed by atoms with Gasteiger partial charge in [-0.05, 0) is 24.6 Å². The summed E-state index contributed by atoms with van der Waals surface area (Å²) in [4.78, 5) is 22.5. The van der Waals surface area contributed by atoms with Gasteiger partial charge in [0.2, 0.25) is 0 Å². The molecule has 0 fully saturated rings. The Bertz CT molecular complexity index is 485. The normalized spacial score (nSPS) is 11.5. The van der Waals surface area contributed by atoms with E-state index in [0.717, 1.165) is 0 Å². The number of rotatable bonds is 5. The maximum absolute atomic E-state index is 11.6. The number of carboxylic acids is 1. The molecule has 19 heavy (non-hydrogen) atoms. The van der Waals surface area contributed by atoms with Gasteiger partial charge >= 0.3 is 12.0 Å². The lowest BCUT2D eigenvalue weighted by Crippen LogP contribution is -2.42. The molecule has 1 aromatic carbocycles. The Labute approximate surface area is 120 Å². The smallest absolute Gasteiger partial charge is 0.326 e. The lowest BCUT2D eigenvalue weighted by Gasteiger charge is -2.13. The molecule has 0 radical (unpaired) electrons. The van der Waals surface area contributed by atoms with Crippen molar-refractivity contribution in [1.29, 1.82) is 0 Å². The molecule has 0 spiro atoms. The molecule has 1 aromatic rings. The molecule has 0 aliphatic heterocycles. The van der Waals surface area contributed by atoms with E-state index in [4.69, 9.17) is 28.3 Å². The van der Waals surface area contributed by atoms with Crippen LogP contribution in [0.5, 0.6) is 0 Å². The third-order valence-corrected chi connectivity index (χ3v) is 2.56. The Morgan fingerprint density at radius 3 is 2.37 bits per heavy atom. The summed E-state index contributed by atoms with van der Waals surface area (Å²) in [5.41, 5.74) is 0.373. The predicted octanol–water partition coefficient (Wildman–Crippen LogP) is 3.14. The lowest BCUT2D eigenvalue weighted by atomic mass is 10.2. The van der Waals surface area contributed by atoms with Crippen molar-refractivity contribution in [1.82, 2.24) is 5.32 Å². The van der Waals surface area contributed by atoms with Gasteiger partial charge in [-0.3, -0.25) is 0 Å². The molecule has 102 valence electrons. The molecule has 0 aliphatic rings. The average Bonchev–Trinajstić information content (AvgIpc) is 2.26. The molecule has 1 atom stereocenters. The number of halogens is 2. The summed E-state index contributed by atoms with van der Waals surface area (Å²) in [5, 5.41) is 14.4. The molecule has 2 amide bonds. The van der Waals surface area contributed by atoms with E-state index in [1.807, 2.05) is 0 Å².